The Morgan fingerprint density at radius 3 is 2.59 bits per heavy atom. The van der Waals surface area contributed by atoms with Crippen LogP contribution in [-0.2, 0) is 9.05 Å². The molecule has 94 valence electrons. The molecule has 0 radical (unpaired) electrons. The smallest absolute Gasteiger partial charge is 0.258 e. The Balaban J connectivity index is 2.81. The van der Waals surface area contributed by atoms with Crippen LogP contribution in [0.2, 0.25) is 5.02 Å². The number of hydrogen-bond acceptors (Lipinski definition) is 5. The molecule has 0 aliphatic carbocycles. The van der Waals surface area contributed by atoms with Gasteiger partial charge in [-0.1, -0.05) is 11.6 Å². The van der Waals surface area contributed by atoms with Gasteiger partial charge in [0.05, 0.1) is 15.6 Å². The van der Waals surface area contributed by atoms with E-state index in [2.05, 4.69) is 0 Å². The fourth-order valence-electron chi connectivity index (χ4n) is 1.01. The molecule has 9 heteroatoms. The highest BCUT2D eigenvalue weighted by molar-refractivity contribution is 8.14. The highest BCUT2D eigenvalue weighted by Gasteiger charge is 2.15. The van der Waals surface area contributed by atoms with Crippen molar-refractivity contribution < 1.29 is 13.3 Å². The summed E-state index contributed by atoms with van der Waals surface area (Å²) in [6, 6.07) is 4.21. The van der Waals surface area contributed by atoms with Crippen LogP contribution in [0.25, 0.3) is 0 Å². The van der Waals surface area contributed by atoms with Crippen molar-refractivity contribution >= 4 is 48.8 Å². The third-order valence-electron chi connectivity index (χ3n) is 1.70. The molecule has 1 aromatic carbocycles. The molecule has 0 fully saturated rings. The second-order valence-electron chi connectivity index (χ2n) is 2.96. The van der Waals surface area contributed by atoms with Crippen molar-refractivity contribution in [1.29, 1.82) is 0 Å². The maximum absolute atomic E-state index is 10.7. The lowest BCUT2D eigenvalue weighted by Crippen LogP contribution is -2.00. The molecule has 0 bridgehead atoms. The number of nitro groups is 1. The van der Waals surface area contributed by atoms with Crippen LogP contribution in [0.15, 0.2) is 23.1 Å². The van der Waals surface area contributed by atoms with E-state index in [1.807, 2.05) is 0 Å². The third kappa shape index (κ3) is 5.12. The first-order chi connectivity index (χ1) is 7.79. The lowest BCUT2D eigenvalue weighted by atomic mass is 10.3. The van der Waals surface area contributed by atoms with Gasteiger partial charge in [0.2, 0.25) is 9.05 Å². The molecule has 1 aromatic rings. The topological polar surface area (TPSA) is 77.3 Å². The molecule has 0 N–H and O–H groups in total. The summed E-state index contributed by atoms with van der Waals surface area (Å²) in [5.74, 6) is -0.104. The Labute approximate surface area is 112 Å². The van der Waals surface area contributed by atoms with E-state index in [9.17, 15) is 18.5 Å². The average molecular weight is 316 g/mol. The second kappa shape index (κ2) is 5.90. The first-order valence-corrected chi connectivity index (χ1v) is 8.13. The van der Waals surface area contributed by atoms with Crippen LogP contribution in [0.3, 0.4) is 0 Å². The van der Waals surface area contributed by atoms with E-state index in [-0.39, 0.29) is 22.2 Å². The molecule has 0 aromatic heterocycles. The van der Waals surface area contributed by atoms with E-state index in [0.29, 0.717) is 4.90 Å². The van der Waals surface area contributed by atoms with E-state index in [1.165, 1.54) is 18.2 Å². The Bertz CT molecular complexity index is 532. The minimum atomic E-state index is -3.58. The summed E-state index contributed by atoms with van der Waals surface area (Å²) in [6.07, 6.45) is 0. The lowest BCUT2D eigenvalue weighted by molar-refractivity contribution is -0.387. The summed E-state index contributed by atoms with van der Waals surface area (Å²) >= 11 is 6.68. The molecule has 0 aliphatic rings. The number of nitro benzene ring substituents is 1. The van der Waals surface area contributed by atoms with Crippen molar-refractivity contribution in [1.82, 2.24) is 0 Å². The van der Waals surface area contributed by atoms with Crippen LogP contribution < -0.4 is 0 Å². The van der Waals surface area contributed by atoms with Crippen LogP contribution in [0.4, 0.5) is 5.69 Å². The number of thioether (sulfide) groups is 1. The van der Waals surface area contributed by atoms with Crippen molar-refractivity contribution in [2.75, 3.05) is 11.5 Å². The Morgan fingerprint density at radius 1 is 1.41 bits per heavy atom. The monoisotopic (exact) mass is 315 g/mol. The van der Waals surface area contributed by atoms with Gasteiger partial charge >= 0.3 is 0 Å². The molecule has 0 atom stereocenters. The largest absolute Gasteiger partial charge is 0.284 e. The zero-order valence-electron chi connectivity index (χ0n) is 8.30. The van der Waals surface area contributed by atoms with Crippen LogP contribution in [0, 0.1) is 10.1 Å². The van der Waals surface area contributed by atoms with Gasteiger partial charge in [-0.3, -0.25) is 10.1 Å². The molecule has 1 rings (SSSR count). The van der Waals surface area contributed by atoms with Gasteiger partial charge in [-0.05, 0) is 12.1 Å². The maximum atomic E-state index is 10.7. The second-order valence-corrected chi connectivity index (χ2v) is 7.43. The van der Waals surface area contributed by atoms with Gasteiger partial charge in [0.15, 0.2) is 0 Å². The van der Waals surface area contributed by atoms with Crippen LogP contribution in [0.5, 0.6) is 0 Å². The van der Waals surface area contributed by atoms with Crippen molar-refractivity contribution in [3.8, 4) is 0 Å². The number of benzene rings is 1. The highest BCUT2D eigenvalue weighted by atomic mass is 35.7. The van der Waals surface area contributed by atoms with E-state index < -0.39 is 14.0 Å². The predicted molar refractivity (Wildman–Crippen MR) is 68.5 cm³/mol. The normalized spacial score (nSPS) is 11.4. The molecular weight excluding hydrogens is 309 g/mol. The van der Waals surface area contributed by atoms with Gasteiger partial charge in [-0.2, -0.15) is 0 Å². The lowest BCUT2D eigenvalue weighted by Gasteiger charge is -2.02. The van der Waals surface area contributed by atoms with Crippen molar-refractivity contribution in [3.05, 3.63) is 33.3 Å². The third-order valence-corrected chi connectivity index (χ3v) is 4.42. The zero-order chi connectivity index (χ0) is 13.1. The van der Waals surface area contributed by atoms with Crippen LogP contribution in [-0.4, -0.2) is 24.8 Å². The van der Waals surface area contributed by atoms with Gasteiger partial charge in [0.25, 0.3) is 5.69 Å². The van der Waals surface area contributed by atoms with Gasteiger partial charge in [-0.25, -0.2) is 8.42 Å². The molecule has 0 spiro atoms. The molecule has 17 heavy (non-hydrogen) atoms. The molecule has 0 aliphatic heterocycles. The van der Waals surface area contributed by atoms with E-state index in [0.717, 1.165) is 11.8 Å². The van der Waals surface area contributed by atoms with Crippen LogP contribution in [0.1, 0.15) is 0 Å². The predicted octanol–water partition coefficient (Wildman–Crippen LogP) is 2.91. The van der Waals surface area contributed by atoms with Crippen molar-refractivity contribution in [2.24, 2.45) is 0 Å². The maximum Gasteiger partial charge on any atom is 0.284 e. The number of halogens is 2. The minimum absolute atomic E-state index is 0.144. The Morgan fingerprint density at radius 2 is 2.06 bits per heavy atom. The Kier molecular flexibility index (Phi) is 5.05. The van der Waals surface area contributed by atoms with E-state index in [1.54, 1.807) is 0 Å². The number of nitrogens with zero attached hydrogens (tertiary/aromatic N) is 1. The zero-order valence-corrected chi connectivity index (χ0v) is 11.4. The van der Waals surface area contributed by atoms with E-state index in [4.69, 9.17) is 22.3 Å². The molecule has 0 saturated heterocycles. The van der Waals surface area contributed by atoms with Crippen molar-refractivity contribution in [2.45, 2.75) is 4.90 Å². The molecule has 0 saturated carbocycles. The summed E-state index contributed by atoms with van der Waals surface area (Å²) in [6.45, 7) is 0. The van der Waals surface area contributed by atoms with Gasteiger partial charge in [0.1, 0.15) is 0 Å². The minimum Gasteiger partial charge on any atom is -0.258 e. The Hall–Kier alpha value is -0.500. The molecule has 0 amide bonds. The van der Waals surface area contributed by atoms with Gasteiger partial charge in [-0.15, -0.1) is 11.8 Å². The fraction of sp³-hybridized carbons (Fsp3) is 0.250. The fourth-order valence-corrected chi connectivity index (χ4v) is 3.53. The summed E-state index contributed by atoms with van der Waals surface area (Å²) in [5, 5.41) is 11.0. The molecular formula is C8H7Cl2NO4S2. The highest BCUT2D eigenvalue weighted by Crippen LogP contribution is 2.31. The first-order valence-electron chi connectivity index (χ1n) is 4.28. The quantitative estimate of drug-likeness (QED) is 0.361. The number of rotatable bonds is 5. The van der Waals surface area contributed by atoms with Crippen molar-refractivity contribution in [3.63, 3.8) is 0 Å². The summed E-state index contributed by atoms with van der Waals surface area (Å²) in [5.41, 5.74) is -0.144. The van der Waals surface area contributed by atoms with Gasteiger partial charge in [0, 0.05) is 27.5 Å². The molecule has 0 heterocycles. The molecule has 5 nitrogen and oxygen atoms in total. The first kappa shape index (κ1) is 14.6. The average Bonchev–Trinajstić information content (AvgIpc) is 2.18. The summed E-state index contributed by atoms with van der Waals surface area (Å²) < 4.78 is 21.4. The SMILES string of the molecule is O=[N+]([O-])c1cc(Cl)ccc1SCCS(=O)(=O)Cl. The summed E-state index contributed by atoms with van der Waals surface area (Å²) in [4.78, 5) is 10.5. The molecule has 0 unspecified atom stereocenters. The summed E-state index contributed by atoms with van der Waals surface area (Å²) in [7, 11) is 1.45. The van der Waals surface area contributed by atoms with Gasteiger partial charge < -0.3 is 0 Å². The number of hydrogen-bond donors (Lipinski definition) is 0. The van der Waals surface area contributed by atoms with Crippen LogP contribution >= 0.6 is 34.0 Å². The van der Waals surface area contributed by atoms with E-state index >= 15 is 0 Å². The standard InChI is InChI=1S/C8H7Cl2NO4S2/c9-6-1-2-8(7(5-6)11(12)13)16-3-4-17(10,14)15/h1-2,5H,3-4H2.